The highest BCUT2D eigenvalue weighted by Crippen LogP contribution is 2.29. The summed E-state index contributed by atoms with van der Waals surface area (Å²) < 4.78 is 16.0. The number of cyclic esters (lactones) is 1. The molecule has 1 aliphatic rings. The maximum Gasteiger partial charge on any atom is 0.415 e. The van der Waals surface area contributed by atoms with E-state index in [9.17, 15) is 4.79 Å². The van der Waals surface area contributed by atoms with Gasteiger partial charge >= 0.3 is 6.09 Å². The quantitative estimate of drug-likeness (QED) is 0.606. The summed E-state index contributed by atoms with van der Waals surface area (Å²) in [6.45, 7) is 6.28. The van der Waals surface area contributed by atoms with Crippen molar-refractivity contribution < 1.29 is 18.8 Å². The van der Waals surface area contributed by atoms with Crippen LogP contribution in [0.4, 0.5) is 16.6 Å². The van der Waals surface area contributed by atoms with Crippen molar-refractivity contribution in [2.45, 2.75) is 32.9 Å². The Balaban J connectivity index is 1.52. The Labute approximate surface area is 179 Å². The fourth-order valence-corrected chi connectivity index (χ4v) is 3.35. The molecule has 1 aliphatic heterocycles. The van der Waals surface area contributed by atoms with E-state index in [4.69, 9.17) is 14.0 Å². The number of methoxy groups -OCH3 is 1. The van der Waals surface area contributed by atoms with Crippen molar-refractivity contribution in [1.29, 1.82) is 0 Å². The molecule has 1 aromatic carbocycles. The third-order valence-corrected chi connectivity index (χ3v) is 5.07. The molecule has 1 fully saturated rings. The molecule has 0 radical (unpaired) electrons. The van der Waals surface area contributed by atoms with Crippen LogP contribution in [-0.2, 0) is 4.74 Å². The van der Waals surface area contributed by atoms with Crippen LogP contribution in [0, 0.1) is 5.92 Å². The van der Waals surface area contributed by atoms with Gasteiger partial charge in [0.25, 0.3) is 0 Å². The summed E-state index contributed by atoms with van der Waals surface area (Å²) in [5, 5.41) is 7.21. The lowest BCUT2D eigenvalue weighted by atomic mass is 10.0. The molecule has 1 saturated heterocycles. The molecule has 2 aromatic heterocycles. The van der Waals surface area contributed by atoms with Crippen LogP contribution in [0.1, 0.15) is 32.7 Å². The van der Waals surface area contributed by atoms with E-state index in [0.29, 0.717) is 35.8 Å². The van der Waals surface area contributed by atoms with Gasteiger partial charge in [-0.1, -0.05) is 31.1 Å². The van der Waals surface area contributed by atoms with Gasteiger partial charge in [-0.25, -0.2) is 9.78 Å². The molecule has 1 amide bonds. The van der Waals surface area contributed by atoms with E-state index in [0.717, 1.165) is 5.56 Å². The monoisotopic (exact) mass is 424 g/mol. The summed E-state index contributed by atoms with van der Waals surface area (Å²) in [6, 6.07) is 8.69. The lowest BCUT2D eigenvalue weighted by molar-refractivity contribution is 0.177. The number of rotatable bonds is 7. The van der Waals surface area contributed by atoms with Crippen LogP contribution in [0.2, 0.25) is 0 Å². The van der Waals surface area contributed by atoms with Gasteiger partial charge in [0, 0.05) is 6.20 Å². The van der Waals surface area contributed by atoms with E-state index in [1.807, 2.05) is 45.0 Å². The first-order valence-electron chi connectivity index (χ1n) is 10.0. The predicted molar refractivity (Wildman–Crippen MR) is 113 cm³/mol. The second kappa shape index (κ2) is 8.58. The number of nitrogens with one attached hydrogen (secondary N) is 1. The SMILES string of the molecule is COc1ccccc1-c1noc([C@H](C)Nc2nccc(N3C(=O)OCC3C(C)C)n2)n1. The standard InChI is InChI=1S/C21H24N6O4/c1-12(2)15-11-30-21(28)27(15)17-9-10-22-20(24-17)23-13(3)19-25-18(26-31-19)14-7-5-6-8-16(14)29-4/h5-10,12-13,15H,11H2,1-4H3,(H,22,23,24)/t13-,15?/m0/s1. The molecule has 162 valence electrons. The number of amides is 1. The number of aromatic nitrogens is 4. The van der Waals surface area contributed by atoms with Crippen LogP contribution >= 0.6 is 0 Å². The van der Waals surface area contributed by atoms with E-state index in [2.05, 4.69) is 25.4 Å². The lowest BCUT2D eigenvalue weighted by Crippen LogP contribution is -2.37. The number of benzene rings is 1. The summed E-state index contributed by atoms with van der Waals surface area (Å²) in [6.07, 6.45) is 1.18. The van der Waals surface area contributed by atoms with E-state index < -0.39 is 6.09 Å². The largest absolute Gasteiger partial charge is 0.496 e. The second-order valence-corrected chi connectivity index (χ2v) is 7.52. The first kappa shape index (κ1) is 20.6. The van der Waals surface area contributed by atoms with Crippen LogP contribution in [-0.4, -0.2) is 46.0 Å². The van der Waals surface area contributed by atoms with Gasteiger partial charge < -0.3 is 19.3 Å². The molecule has 10 heteroatoms. The predicted octanol–water partition coefficient (Wildman–Crippen LogP) is 3.69. The zero-order valence-corrected chi connectivity index (χ0v) is 17.8. The molecular formula is C21H24N6O4. The van der Waals surface area contributed by atoms with Gasteiger partial charge in [-0.15, -0.1) is 0 Å². The fraction of sp³-hybridized carbons (Fsp3) is 0.381. The normalized spacial score (nSPS) is 17.0. The van der Waals surface area contributed by atoms with Gasteiger partial charge in [0.15, 0.2) is 0 Å². The van der Waals surface area contributed by atoms with Gasteiger partial charge in [-0.05, 0) is 31.0 Å². The molecule has 31 heavy (non-hydrogen) atoms. The van der Waals surface area contributed by atoms with Crippen molar-refractivity contribution in [2.75, 3.05) is 23.9 Å². The zero-order valence-electron chi connectivity index (χ0n) is 17.8. The van der Waals surface area contributed by atoms with Crippen molar-refractivity contribution in [3.05, 3.63) is 42.4 Å². The third kappa shape index (κ3) is 4.14. The van der Waals surface area contributed by atoms with Crippen LogP contribution in [0.3, 0.4) is 0 Å². The van der Waals surface area contributed by atoms with Gasteiger partial charge in [-0.3, -0.25) is 4.90 Å². The molecule has 1 unspecified atom stereocenters. The smallest absolute Gasteiger partial charge is 0.415 e. The maximum absolute atomic E-state index is 12.2. The summed E-state index contributed by atoms with van der Waals surface area (Å²) in [7, 11) is 1.59. The van der Waals surface area contributed by atoms with Crippen LogP contribution in [0.25, 0.3) is 11.4 Å². The summed E-state index contributed by atoms with van der Waals surface area (Å²) in [5.74, 6) is 2.49. The van der Waals surface area contributed by atoms with Crippen molar-refractivity contribution in [1.82, 2.24) is 20.1 Å². The van der Waals surface area contributed by atoms with Crippen LogP contribution < -0.4 is 15.0 Å². The van der Waals surface area contributed by atoms with Gasteiger partial charge in [0.1, 0.15) is 24.2 Å². The van der Waals surface area contributed by atoms with Crippen molar-refractivity contribution in [3.63, 3.8) is 0 Å². The minimum atomic E-state index is -0.408. The number of carbonyl (C=O) groups excluding carboxylic acids is 1. The third-order valence-electron chi connectivity index (χ3n) is 5.07. The van der Waals surface area contributed by atoms with Crippen molar-refractivity contribution in [2.24, 2.45) is 5.92 Å². The minimum Gasteiger partial charge on any atom is -0.496 e. The van der Waals surface area contributed by atoms with Gasteiger partial charge in [0.2, 0.25) is 17.7 Å². The summed E-state index contributed by atoms with van der Waals surface area (Å²) >= 11 is 0. The number of hydrogen-bond donors (Lipinski definition) is 1. The van der Waals surface area contributed by atoms with E-state index in [-0.39, 0.29) is 18.0 Å². The number of carbonyl (C=O) groups is 1. The van der Waals surface area contributed by atoms with E-state index >= 15 is 0 Å². The highest BCUT2D eigenvalue weighted by atomic mass is 16.6. The minimum absolute atomic E-state index is 0.0768. The first-order chi connectivity index (χ1) is 15.0. The topological polar surface area (TPSA) is 116 Å². The molecular weight excluding hydrogens is 400 g/mol. The average molecular weight is 424 g/mol. The average Bonchev–Trinajstić information content (AvgIpc) is 3.41. The van der Waals surface area contributed by atoms with Crippen molar-refractivity contribution >= 4 is 17.9 Å². The molecule has 3 aromatic rings. The summed E-state index contributed by atoms with van der Waals surface area (Å²) in [5.41, 5.74) is 0.734. The van der Waals surface area contributed by atoms with Crippen molar-refractivity contribution in [3.8, 4) is 17.1 Å². The number of hydrogen-bond acceptors (Lipinski definition) is 9. The molecule has 0 spiro atoms. The Morgan fingerprint density at radius 1 is 1.19 bits per heavy atom. The second-order valence-electron chi connectivity index (χ2n) is 7.52. The number of anilines is 2. The molecule has 10 nitrogen and oxygen atoms in total. The van der Waals surface area contributed by atoms with Crippen LogP contribution in [0.5, 0.6) is 5.75 Å². The number of ether oxygens (including phenoxy) is 2. The Kier molecular flexibility index (Phi) is 5.70. The number of nitrogens with zero attached hydrogens (tertiary/aromatic N) is 5. The van der Waals surface area contributed by atoms with E-state index in [1.54, 1.807) is 24.3 Å². The Hall–Kier alpha value is -3.69. The van der Waals surface area contributed by atoms with Crippen LogP contribution in [0.15, 0.2) is 41.1 Å². The van der Waals surface area contributed by atoms with Gasteiger partial charge in [-0.2, -0.15) is 9.97 Å². The summed E-state index contributed by atoms with van der Waals surface area (Å²) in [4.78, 5) is 27.0. The van der Waals surface area contributed by atoms with Gasteiger partial charge in [0.05, 0.1) is 18.7 Å². The Morgan fingerprint density at radius 3 is 2.77 bits per heavy atom. The molecule has 0 bridgehead atoms. The number of para-hydroxylation sites is 1. The molecule has 3 heterocycles. The Morgan fingerprint density at radius 2 is 2.00 bits per heavy atom. The molecule has 0 aliphatic carbocycles. The van der Waals surface area contributed by atoms with E-state index in [1.165, 1.54) is 0 Å². The molecule has 2 atom stereocenters. The first-order valence-corrected chi connectivity index (χ1v) is 10.0. The zero-order chi connectivity index (χ0) is 22.0. The highest BCUT2D eigenvalue weighted by molar-refractivity contribution is 5.89. The lowest BCUT2D eigenvalue weighted by Gasteiger charge is -2.23. The molecule has 1 N–H and O–H groups in total. The fourth-order valence-electron chi connectivity index (χ4n) is 3.35. The Bertz CT molecular complexity index is 1070. The molecule has 4 rings (SSSR count). The maximum atomic E-state index is 12.2. The highest BCUT2D eigenvalue weighted by Gasteiger charge is 2.37. The molecule has 0 saturated carbocycles.